The number of pyridine rings is 1. The van der Waals surface area contributed by atoms with Crippen LogP contribution in [0, 0.1) is 0 Å². The molecule has 0 amide bonds. The summed E-state index contributed by atoms with van der Waals surface area (Å²) in [5, 5.41) is 16.2. The SMILES string of the molecule is O=c1c2c(n(O)c3ccc(Cl)cc13)CC(c1ccc(C(F)(F)F)cc1)C/C2=N\Nc1nc2ccccc2[nH]1. The molecule has 0 fully saturated rings. The molecule has 192 valence electrons. The van der Waals surface area contributed by atoms with E-state index in [1.54, 1.807) is 12.1 Å². The van der Waals surface area contributed by atoms with E-state index in [1.807, 2.05) is 24.3 Å². The second kappa shape index (κ2) is 8.91. The van der Waals surface area contributed by atoms with Crippen LogP contribution in [0.4, 0.5) is 19.1 Å². The monoisotopic (exact) mass is 537 g/mol. The molecule has 7 nitrogen and oxygen atoms in total. The molecule has 0 saturated heterocycles. The van der Waals surface area contributed by atoms with Crippen LogP contribution in [0.15, 0.2) is 76.6 Å². The van der Waals surface area contributed by atoms with Gasteiger partial charge < -0.3 is 10.2 Å². The van der Waals surface area contributed by atoms with Crippen molar-refractivity contribution in [2.24, 2.45) is 5.10 Å². The number of hydrogen-bond acceptors (Lipinski definition) is 5. The highest BCUT2D eigenvalue weighted by atomic mass is 35.5. The maximum atomic E-state index is 13.6. The highest BCUT2D eigenvalue weighted by Gasteiger charge is 2.33. The van der Waals surface area contributed by atoms with Crippen LogP contribution in [0.3, 0.4) is 0 Å². The summed E-state index contributed by atoms with van der Waals surface area (Å²) in [4.78, 5) is 21.1. The first-order chi connectivity index (χ1) is 18.2. The Morgan fingerprint density at radius 1 is 1.08 bits per heavy atom. The van der Waals surface area contributed by atoms with Crippen molar-refractivity contribution in [2.45, 2.75) is 24.9 Å². The molecule has 1 aliphatic rings. The van der Waals surface area contributed by atoms with Gasteiger partial charge in [-0.2, -0.15) is 23.0 Å². The third kappa shape index (κ3) is 4.16. The Kier molecular flexibility index (Phi) is 5.64. The molecule has 11 heteroatoms. The number of aromatic amines is 1. The molecular formula is C27H19ClF3N5O2. The molecule has 0 bridgehead atoms. The predicted octanol–water partition coefficient (Wildman–Crippen LogP) is 6.33. The van der Waals surface area contributed by atoms with Crippen molar-refractivity contribution in [2.75, 3.05) is 5.43 Å². The number of alkyl halides is 3. The van der Waals surface area contributed by atoms with Gasteiger partial charge in [0.15, 0.2) is 5.43 Å². The van der Waals surface area contributed by atoms with E-state index < -0.39 is 11.7 Å². The third-order valence-electron chi connectivity index (χ3n) is 6.77. The fourth-order valence-electron chi connectivity index (χ4n) is 4.93. The van der Waals surface area contributed by atoms with Gasteiger partial charge in [-0.15, -0.1) is 0 Å². The number of fused-ring (bicyclic) bond motifs is 3. The van der Waals surface area contributed by atoms with E-state index in [1.165, 1.54) is 18.2 Å². The number of halogens is 4. The lowest BCUT2D eigenvalue weighted by Crippen LogP contribution is -2.31. The van der Waals surface area contributed by atoms with Crippen LogP contribution in [-0.2, 0) is 12.6 Å². The van der Waals surface area contributed by atoms with Gasteiger partial charge in [0.1, 0.15) is 0 Å². The van der Waals surface area contributed by atoms with Crippen molar-refractivity contribution in [3.63, 3.8) is 0 Å². The molecule has 0 radical (unpaired) electrons. The average Bonchev–Trinajstić information content (AvgIpc) is 3.33. The molecule has 1 atom stereocenters. The number of para-hydroxylation sites is 2. The number of hydrogen-bond donors (Lipinski definition) is 3. The Labute approximate surface area is 218 Å². The molecular weight excluding hydrogens is 519 g/mol. The van der Waals surface area contributed by atoms with Crippen LogP contribution in [0.2, 0.25) is 5.02 Å². The number of nitrogens with one attached hydrogen (secondary N) is 2. The van der Waals surface area contributed by atoms with Crippen LogP contribution in [-0.4, -0.2) is 25.6 Å². The number of rotatable bonds is 3. The smallest absolute Gasteiger partial charge is 0.416 e. The van der Waals surface area contributed by atoms with E-state index in [2.05, 4.69) is 20.5 Å². The second-order valence-electron chi connectivity index (χ2n) is 9.12. The first-order valence-electron chi connectivity index (χ1n) is 11.7. The lowest BCUT2D eigenvalue weighted by Gasteiger charge is -2.28. The molecule has 2 heterocycles. The number of nitrogens with zero attached hydrogens (tertiary/aromatic N) is 3. The second-order valence-corrected chi connectivity index (χ2v) is 9.56. The minimum absolute atomic E-state index is 0.217. The first-order valence-corrected chi connectivity index (χ1v) is 12.1. The number of H-pyrrole nitrogens is 1. The van der Waals surface area contributed by atoms with Gasteiger partial charge in [-0.25, -0.2) is 10.4 Å². The third-order valence-corrected chi connectivity index (χ3v) is 7.00. The lowest BCUT2D eigenvalue weighted by atomic mass is 9.80. The highest BCUT2D eigenvalue weighted by Crippen LogP contribution is 2.36. The van der Waals surface area contributed by atoms with Gasteiger partial charge in [0.2, 0.25) is 5.95 Å². The summed E-state index contributed by atoms with van der Waals surface area (Å²) in [7, 11) is 0. The molecule has 6 rings (SSSR count). The van der Waals surface area contributed by atoms with Crippen LogP contribution in [0.25, 0.3) is 21.9 Å². The highest BCUT2D eigenvalue weighted by molar-refractivity contribution is 6.31. The Balaban J connectivity index is 1.47. The standard InChI is InChI=1S/C27H19ClF3N5O2/c28-17-9-10-22-18(13-17)25(37)24-21(34-35-26-32-19-3-1-2-4-20(19)33-26)11-15(12-23(24)36(22)38)14-5-7-16(8-6-14)27(29,30)31/h1-10,13,15,38H,11-12H2,(H2,32,33,35)/b34-21+. The van der Waals surface area contributed by atoms with Gasteiger partial charge >= 0.3 is 6.18 Å². The maximum absolute atomic E-state index is 13.6. The summed E-state index contributed by atoms with van der Waals surface area (Å²) in [5.41, 5.74) is 5.05. The van der Waals surface area contributed by atoms with Crippen molar-refractivity contribution in [1.29, 1.82) is 0 Å². The van der Waals surface area contributed by atoms with Gasteiger partial charge in [-0.05, 0) is 66.8 Å². The molecule has 1 unspecified atom stereocenters. The van der Waals surface area contributed by atoms with Crippen molar-refractivity contribution in [3.05, 3.63) is 104 Å². The minimum atomic E-state index is -4.45. The summed E-state index contributed by atoms with van der Waals surface area (Å²) in [6.07, 6.45) is -3.99. The summed E-state index contributed by atoms with van der Waals surface area (Å²) in [5.74, 6) is 0.00798. The van der Waals surface area contributed by atoms with E-state index in [-0.39, 0.29) is 40.7 Å². The van der Waals surface area contributed by atoms with Gasteiger partial charge in [0.05, 0.1) is 44.5 Å². The van der Waals surface area contributed by atoms with Crippen molar-refractivity contribution in [3.8, 4) is 0 Å². The summed E-state index contributed by atoms with van der Waals surface area (Å²) >= 11 is 6.13. The van der Waals surface area contributed by atoms with E-state index in [9.17, 15) is 23.2 Å². The molecule has 0 spiro atoms. The van der Waals surface area contributed by atoms with E-state index >= 15 is 0 Å². The average molecular weight is 538 g/mol. The van der Waals surface area contributed by atoms with Gasteiger partial charge in [-0.3, -0.25) is 4.79 Å². The molecule has 5 aromatic rings. The van der Waals surface area contributed by atoms with Crippen molar-refractivity contribution < 1.29 is 18.4 Å². The number of imidazole rings is 1. The topological polar surface area (TPSA) is 95.3 Å². The Hall–Kier alpha value is -4.31. The van der Waals surface area contributed by atoms with Crippen LogP contribution >= 0.6 is 11.6 Å². The Bertz CT molecular complexity index is 1760. The Morgan fingerprint density at radius 2 is 1.84 bits per heavy atom. The van der Waals surface area contributed by atoms with E-state index in [0.29, 0.717) is 27.9 Å². The molecule has 0 aliphatic heterocycles. The predicted molar refractivity (Wildman–Crippen MR) is 139 cm³/mol. The molecule has 3 N–H and O–H groups in total. The lowest BCUT2D eigenvalue weighted by molar-refractivity contribution is -0.137. The van der Waals surface area contributed by atoms with E-state index in [0.717, 1.165) is 27.9 Å². The van der Waals surface area contributed by atoms with E-state index in [4.69, 9.17) is 11.6 Å². The fraction of sp³-hybridized carbons (Fsp3) is 0.148. The van der Waals surface area contributed by atoms with Gasteiger partial charge in [0, 0.05) is 5.02 Å². The van der Waals surface area contributed by atoms with Gasteiger partial charge in [0.25, 0.3) is 0 Å². The van der Waals surface area contributed by atoms with Crippen LogP contribution in [0.5, 0.6) is 0 Å². The van der Waals surface area contributed by atoms with Crippen molar-refractivity contribution >= 4 is 45.2 Å². The first kappa shape index (κ1) is 24.1. The summed E-state index contributed by atoms with van der Waals surface area (Å²) < 4.78 is 40.3. The quantitative estimate of drug-likeness (QED) is 0.185. The van der Waals surface area contributed by atoms with Gasteiger partial charge in [-0.1, -0.05) is 35.9 Å². The maximum Gasteiger partial charge on any atom is 0.416 e. The summed E-state index contributed by atoms with van der Waals surface area (Å²) in [6.45, 7) is 0. The Morgan fingerprint density at radius 3 is 2.58 bits per heavy atom. The zero-order chi connectivity index (χ0) is 26.6. The largest absolute Gasteiger partial charge is 0.428 e. The molecule has 1 aliphatic carbocycles. The van der Waals surface area contributed by atoms with Crippen molar-refractivity contribution in [1.82, 2.24) is 14.7 Å². The molecule has 2 aromatic heterocycles. The number of aromatic nitrogens is 3. The van der Waals surface area contributed by atoms with Crippen LogP contribution < -0.4 is 10.9 Å². The fourth-order valence-corrected chi connectivity index (χ4v) is 5.10. The molecule has 0 saturated carbocycles. The molecule has 38 heavy (non-hydrogen) atoms. The number of hydrazone groups is 1. The summed E-state index contributed by atoms with van der Waals surface area (Å²) in [6, 6.07) is 16.9. The normalized spacial score (nSPS) is 16.7. The molecule has 3 aromatic carbocycles. The minimum Gasteiger partial charge on any atom is -0.428 e. The number of benzene rings is 3. The number of anilines is 1. The zero-order valence-corrected chi connectivity index (χ0v) is 20.3. The van der Waals surface area contributed by atoms with Crippen LogP contribution in [0.1, 0.15) is 34.7 Å². The zero-order valence-electron chi connectivity index (χ0n) is 19.6.